The van der Waals surface area contributed by atoms with Crippen molar-refractivity contribution >= 4 is 72.4 Å². The maximum atomic E-state index is 6.66. The van der Waals surface area contributed by atoms with Crippen LogP contribution in [0.2, 0.25) is 5.02 Å². The first-order chi connectivity index (χ1) is 23.1. The van der Waals surface area contributed by atoms with Crippen molar-refractivity contribution in [2.45, 2.75) is 13.3 Å². The quantitative estimate of drug-likeness (QED) is 0.196. The summed E-state index contributed by atoms with van der Waals surface area (Å²) in [6, 6.07) is 40.2. The van der Waals surface area contributed by atoms with Gasteiger partial charge in [-0.1, -0.05) is 103 Å². The molecule has 0 radical (unpaired) electrons. The number of aromatic nitrogens is 2. The van der Waals surface area contributed by atoms with Gasteiger partial charge < -0.3 is 13.4 Å². The van der Waals surface area contributed by atoms with Crippen LogP contribution in [0.5, 0.6) is 0 Å². The van der Waals surface area contributed by atoms with E-state index in [1.165, 1.54) is 44.1 Å². The molecule has 6 aromatic carbocycles. The zero-order valence-corrected chi connectivity index (χ0v) is 26.3. The lowest BCUT2D eigenvalue weighted by atomic mass is 9.92. The number of furan rings is 1. The summed E-state index contributed by atoms with van der Waals surface area (Å²) in [4.78, 5) is 4.87. The maximum Gasteiger partial charge on any atom is 0.227 e. The van der Waals surface area contributed by atoms with Crippen LogP contribution in [0, 0.1) is 5.92 Å². The summed E-state index contributed by atoms with van der Waals surface area (Å²) in [5.41, 5.74) is 11.2. The number of hydrogen-bond acceptors (Lipinski definition) is 3. The molecule has 0 saturated heterocycles. The van der Waals surface area contributed by atoms with Crippen LogP contribution in [-0.2, 0) is 6.42 Å². The van der Waals surface area contributed by atoms with Crippen LogP contribution >= 0.6 is 11.6 Å². The molecule has 5 heteroatoms. The molecule has 1 atom stereocenters. The van der Waals surface area contributed by atoms with Crippen molar-refractivity contribution in [2.75, 3.05) is 0 Å². The minimum Gasteiger partial charge on any atom is -0.454 e. The van der Waals surface area contributed by atoms with Gasteiger partial charge in [-0.3, -0.25) is 0 Å². The number of fused-ring (bicyclic) bond motifs is 10. The molecule has 0 amide bonds. The van der Waals surface area contributed by atoms with E-state index in [4.69, 9.17) is 25.4 Å². The lowest BCUT2D eigenvalue weighted by Gasteiger charge is -2.17. The molecule has 1 aliphatic carbocycles. The van der Waals surface area contributed by atoms with Gasteiger partial charge in [0.2, 0.25) is 5.89 Å². The SMILES string of the molecule is CC1C=Cc2c(n(-c3ccc(-c4nc5cc(Cl)c6oc7ccccc7c6c5o4)cc3)c3c2cc(-c2ccccc2)c2ccccc23)C1. The highest BCUT2D eigenvalue weighted by atomic mass is 35.5. The van der Waals surface area contributed by atoms with Crippen molar-refractivity contribution in [2.24, 2.45) is 5.92 Å². The number of rotatable bonds is 3. The van der Waals surface area contributed by atoms with Crippen molar-refractivity contribution < 1.29 is 8.83 Å². The number of oxazole rings is 1. The average molecular weight is 627 g/mol. The number of allylic oxidation sites excluding steroid dienone is 1. The molecule has 3 heterocycles. The second kappa shape index (κ2) is 9.96. The molecule has 224 valence electrons. The Morgan fingerprint density at radius 2 is 1.47 bits per heavy atom. The van der Waals surface area contributed by atoms with E-state index >= 15 is 0 Å². The molecule has 0 bridgehead atoms. The van der Waals surface area contributed by atoms with Crippen molar-refractivity contribution in [1.29, 1.82) is 0 Å². The van der Waals surface area contributed by atoms with E-state index in [2.05, 4.69) is 109 Å². The lowest BCUT2D eigenvalue weighted by molar-refractivity contribution is 0.622. The molecule has 9 aromatic rings. The molecule has 47 heavy (non-hydrogen) atoms. The summed E-state index contributed by atoms with van der Waals surface area (Å²) < 4.78 is 15.0. The van der Waals surface area contributed by atoms with E-state index in [9.17, 15) is 0 Å². The highest BCUT2D eigenvalue weighted by Gasteiger charge is 2.25. The van der Waals surface area contributed by atoms with E-state index in [1.54, 1.807) is 0 Å². The smallest absolute Gasteiger partial charge is 0.227 e. The molecular weight excluding hydrogens is 600 g/mol. The third-order valence-corrected chi connectivity index (χ3v) is 9.91. The topological polar surface area (TPSA) is 44.1 Å². The monoisotopic (exact) mass is 626 g/mol. The molecule has 10 rings (SSSR count). The molecule has 3 aromatic heterocycles. The lowest BCUT2D eigenvalue weighted by Crippen LogP contribution is -2.08. The Morgan fingerprint density at radius 1 is 0.723 bits per heavy atom. The van der Waals surface area contributed by atoms with Crippen LogP contribution in [0.1, 0.15) is 18.2 Å². The second-order valence-corrected chi connectivity index (χ2v) is 13.0. The highest BCUT2D eigenvalue weighted by molar-refractivity contribution is 6.38. The van der Waals surface area contributed by atoms with Crippen LogP contribution < -0.4 is 0 Å². The van der Waals surface area contributed by atoms with Gasteiger partial charge in [0.25, 0.3) is 0 Å². The molecule has 1 unspecified atom stereocenters. The fourth-order valence-electron chi connectivity index (χ4n) is 7.49. The first kappa shape index (κ1) is 26.6. The van der Waals surface area contributed by atoms with Gasteiger partial charge in [0, 0.05) is 38.7 Å². The van der Waals surface area contributed by atoms with E-state index < -0.39 is 0 Å². The Labute approximate surface area is 275 Å². The van der Waals surface area contributed by atoms with Crippen molar-refractivity contribution in [3.63, 3.8) is 0 Å². The zero-order chi connectivity index (χ0) is 31.2. The van der Waals surface area contributed by atoms with Gasteiger partial charge >= 0.3 is 0 Å². The summed E-state index contributed by atoms with van der Waals surface area (Å²) in [7, 11) is 0. The third kappa shape index (κ3) is 3.92. The van der Waals surface area contributed by atoms with Crippen LogP contribution in [-0.4, -0.2) is 9.55 Å². The molecule has 0 spiro atoms. The number of nitrogens with zero attached hydrogens (tertiary/aromatic N) is 2. The van der Waals surface area contributed by atoms with E-state index in [0.717, 1.165) is 34.0 Å². The Balaban J connectivity index is 1.17. The van der Waals surface area contributed by atoms with E-state index in [-0.39, 0.29) is 0 Å². The third-order valence-electron chi connectivity index (χ3n) is 9.63. The molecule has 0 saturated carbocycles. The summed E-state index contributed by atoms with van der Waals surface area (Å²) in [5.74, 6) is 1.00. The number of benzene rings is 6. The standard InChI is InChI=1S/C42H27ClN2O2/c1-24-15-20-29-33-22-32(25-9-3-2-4-10-25)28-11-5-6-12-30(28)39(33)45(36(29)21-24)27-18-16-26(17-19-27)42-44-35-23-34(43)40-38(41(35)47-42)31-13-7-8-14-37(31)46-40/h2-20,22-24H,21H2,1H3. The fraction of sp³-hybridized carbons (Fsp3) is 0.0714. The predicted molar refractivity (Wildman–Crippen MR) is 193 cm³/mol. The first-order valence-corrected chi connectivity index (χ1v) is 16.3. The number of halogens is 1. The van der Waals surface area contributed by atoms with Gasteiger partial charge in [0.1, 0.15) is 11.1 Å². The van der Waals surface area contributed by atoms with Gasteiger partial charge in [0.15, 0.2) is 11.2 Å². The van der Waals surface area contributed by atoms with Gasteiger partial charge in [-0.05, 0) is 71.3 Å². The first-order valence-electron chi connectivity index (χ1n) is 16.0. The number of hydrogen-bond donors (Lipinski definition) is 0. The minimum atomic E-state index is 0.451. The second-order valence-electron chi connectivity index (χ2n) is 12.5. The van der Waals surface area contributed by atoms with Gasteiger partial charge in [-0.25, -0.2) is 4.98 Å². The normalized spacial score (nSPS) is 14.6. The molecule has 0 N–H and O–H groups in total. The molecule has 0 fully saturated rings. The van der Waals surface area contributed by atoms with Crippen LogP contribution in [0.15, 0.2) is 130 Å². The van der Waals surface area contributed by atoms with Gasteiger partial charge in [-0.2, -0.15) is 0 Å². The van der Waals surface area contributed by atoms with Crippen LogP contribution in [0.3, 0.4) is 0 Å². The average Bonchev–Trinajstić information content (AvgIpc) is 3.80. The minimum absolute atomic E-state index is 0.451. The predicted octanol–water partition coefficient (Wildman–Crippen LogP) is 12.0. The highest BCUT2D eigenvalue weighted by Crippen LogP contribution is 2.44. The van der Waals surface area contributed by atoms with Gasteiger partial charge in [-0.15, -0.1) is 0 Å². The summed E-state index contributed by atoms with van der Waals surface area (Å²) in [6.07, 6.45) is 5.63. The van der Waals surface area contributed by atoms with E-state index in [0.29, 0.717) is 33.5 Å². The van der Waals surface area contributed by atoms with Crippen molar-refractivity contribution in [3.8, 4) is 28.3 Å². The Kier molecular flexibility index (Phi) is 5.64. The molecule has 0 aliphatic heterocycles. The summed E-state index contributed by atoms with van der Waals surface area (Å²) >= 11 is 6.66. The van der Waals surface area contributed by atoms with Gasteiger partial charge in [0.05, 0.1) is 15.9 Å². The fourth-order valence-corrected chi connectivity index (χ4v) is 7.73. The summed E-state index contributed by atoms with van der Waals surface area (Å²) in [5, 5.41) is 6.11. The van der Waals surface area contributed by atoms with Crippen LogP contribution in [0.4, 0.5) is 0 Å². The maximum absolute atomic E-state index is 6.66. The molecule has 1 aliphatic rings. The van der Waals surface area contributed by atoms with Crippen molar-refractivity contribution in [1.82, 2.24) is 9.55 Å². The number of para-hydroxylation sites is 1. The molecule has 4 nitrogen and oxygen atoms in total. The van der Waals surface area contributed by atoms with E-state index in [1.807, 2.05) is 30.3 Å². The Hall–Kier alpha value is -5.58. The molecular formula is C42H27ClN2O2. The summed E-state index contributed by atoms with van der Waals surface area (Å²) in [6.45, 7) is 2.29. The largest absolute Gasteiger partial charge is 0.454 e. The Morgan fingerprint density at radius 3 is 2.30 bits per heavy atom. The zero-order valence-electron chi connectivity index (χ0n) is 25.5. The Bertz CT molecular complexity index is 2730. The van der Waals surface area contributed by atoms with Crippen molar-refractivity contribution in [3.05, 3.63) is 138 Å². The van der Waals surface area contributed by atoms with Crippen LogP contribution in [0.25, 0.3) is 89.1 Å².